The number of nitrogens with one attached hydrogen (secondary N) is 1. The molecule has 0 saturated carbocycles. The normalized spacial score (nSPS) is 15.5. The summed E-state index contributed by atoms with van der Waals surface area (Å²) in [7, 11) is 2.07. The number of amides is 1. The highest BCUT2D eigenvalue weighted by Gasteiger charge is 2.18. The number of hydrogen-bond acceptors (Lipinski definition) is 6. The summed E-state index contributed by atoms with van der Waals surface area (Å²) < 4.78 is 13.1. The molecule has 2 aromatic carbocycles. The number of nitrogens with two attached hydrogens (primary N) is 1. The number of halogens is 1. The minimum Gasteiger partial charge on any atom is -0.404 e. The second-order valence-electron chi connectivity index (χ2n) is 7.34. The summed E-state index contributed by atoms with van der Waals surface area (Å²) in [6.45, 7) is 5.20. The largest absolute Gasteiger partial charge is 0.404 e. The first-order valence-corrected chi connectivity index (χ1v) is 9.93. The minimum absolute atomic E-state index is 0.186. The van der Waals surface area contributed by atoms with Gasteiger partial charge in [0.05, 0.1) is 28.2 Å². The van der Waals surface area contributed by atoms with E-state index >= 15 is 0 Å². The Hall–Kier alpha value is -3.70. The van der Waals surface area contributed by atoms with Crippen molar-refractivity contribution in [3.63, 3.8) is 0 Å². The Balaban J connectivity index is 1.75. The molecule has 1 amide bonds. The fourth-order valence-corrected chi connectivity index (χ4v) is 3.35. The van der Waals surface area contributed by atoms with E-state index in [1.165, 1.54) is 30.5 Å². The number of hydrogen-bond donors (Lipinski definition) is 2. The van der Waals surface area contributed by atoms with Crippen LogP contribution in [0.15, 0.2) is 59.2 Å². The lowest BCUT2D eigenvalue weighted by Crippen LogP contribution is -2.44. The lowest BCUT2D eigenvalue weighted by Gasteiger charge is -2.34. The molecule has 0 unspecified atom stereocenters. The third-order valence-corrected chi connectivity index (χ3v) is 5.14. The Morgan fingerprint density at radius 1 is 1.19 bits per heavy atom. The molecule has 1 aliphatic rings. The molecule has 1 aliphatic heterocycles. The van der Waals surface area contributed by atoms with Crippen LogP contribution in [-0.4, -0.2) is 49.7 Å². The Morgan fingerprint density at radius 3 is 2.48 bits per heavy atom. The number of nitrogens with zero attached hydrogens (tertiary/aromatic N) is 4. The van der Waals surface area contributed by atoms with Crippen LogP contribution in [0, 0.1) is 17.1 Å². The van der Waals surface area contributed by atoms with Crippen LogP contribution < -0.4 is 16.0 Å². The molecule has 3 N–H and O–H groups in total. The van der Waals surface area contributed by atoms with Crippen molar-refractivity contribution in [2.45, 2.75) is 6.92 Å². The van der Waals surface area contributed by atoms with Crippen LogP contribution in [0.1, 0.15) is 12.5 Å². The van der Waals surface area contributed by atoms with Gasteiger partial charge >= 0.3 is 0 Å². The highest BCUT2D eigenvalue weighted by Crippen LogP contribution is 2.25. The smallest absolute Gasteiger partial charge is 0.258 e. The van der Waals surface area contributed by atoms with Crippen LogP contribution in [0.3, 0.4) is 0 Å². The number of nitriles is 1. The molecule has 1 saturated heterocycles. The Morgan fingerprint density at radius 2 is 1.87 bits per heavy atom. The number of rotatable bonds is 5. The number of likely N-dealkylation sites (N-methyl/N-ethyl adjacent to an activating group) is 1. The standard InChI is InChI=1S/C23H25FN6O/c1-16(27-19-5-3-18(24)4-6-19)21(15-26)23(31)28-20-7-8-22(17(13-20)14-25)30-11-9-29(2)10-12-30/h3-8,13,15H,9-12,26H2,1-2H3,(H,28,31). The van der Waals surface area contributed by atoms with Crippen LogP contribution in [0.4, 0.5) is 21.5 Å². The van der Waals surface area contributed by atoms with Gasteiger partial charge in [-0.2, -0.15) is 5.26 Å². The summed E-state index contributed by atoms with van der Waals surface area (Å²) in [4.78, 5) is 21.5. The third kappa shape index (κ3) is 5.47. The van der Waals surface area contributed by atoms with Crippen molar-refractivity contribution in [2.24, 2.45) is 10.7 Å². The molecule has 1 heterocycles. The molecule has 8 heteroatoms. The lowest BCUT2D eigenvalue weighted by molar-refractivity contribution is -0.112. The van der Waals surface area contributed by atoms with Crippen LogP contribution in [0.25, 0.3) is 0 Å². The molecule has 3 rings (SSSR count). The van der Waals surface area contributed by atoms with Gasteiger partial charge in [-0.05, 0) is 56.4 Å². The highest BCUT2D eigenvalue weighted by molar-refractivity contribution is 6.25. The molecule has 2 aromatic rings. The van der Waals surface area contributed by atoms with E-state index in [0.29, 0.717) is 22.6 Å². The van der Waals surface area contributed by atoms with Crippen LogP contribution in [0.2, 0.25) is 0 Å². The first kappa shape index (κ1) is 22.0. The SMILES string of the molecule is CC(=Nc1ccc(F)cc1)C(=CN)C(=O)Nc1ccc(N2CCN(C)CC2)c(C#N)c1. The van der Waals surface area contributed by atoms with Gasteiger partial charge in [-0.1, -0.05) is 0 Å². The zero-order valence-electron chi connectivity index (χ0n) is 17.6. The molecule has 31 heavy (non-hydrogen) atoms. The second kappa shape index (κ2) is 9.87. The van der Waals surface area contributed by atoms with Crippen LogP contribution in [0.5, 0.6) is 0 Å². The predicted molar refractivity (Wildman–Crippen MR) is 121 cm³/mol. The number of benzene rings is 2. The van der Waals surface area contributed by atoms with E-state index < -0.39 is 5.91 Å². The van der Waals surface area contributed by atoms with Crippen LogP contribution in [-0.2, 0) is 4.79 Å². The summed E-state index contributed by atoms with van der Waals surface area (Å²) in [6.07, 6.45) is 1.18. The molecule has 0 radical (unpaired) electrons. The minimum atomic E-state index is -0.443. The molecule has 7 nitrogen and oxygen atoms in total. The quantitative estimate of drug-likeness (QED) is 0.572. The summed E-state index contributed by atoms with van der Waals surface area (Å²) in [5.74, 6) is -0.806. The predicted octanol–water partition coefficient (Wildman–Crippen LogP) is 3.02. The fourth-order valence-electron chi connectivity index (χ4n) is 3.35. The second-order valence-corrected chi connectivity index (χ2v) is 7.34. The van der Waals surface area contributed by atoms with E-state index in [1.807, 2.05) is 6.07 Å². The van der Waals surface area contributed by atoms with Crippen molar-refractivity contribution >= 4 is 28.7 Å². The van der Waals surface area contributed by atoms with Crippen molar-refractivity contribution in [3.8, 4) is 6.07 Å². The maximum absolute atomic E-state index is 13.1. The maximum atomic E-state index is 13.1. The fraction of sp³-hybridized carbons (Fsp3) is 0.261. The summed E-state index contributed by atoms with van der Waals surface area (Å²) in [5, 5.41) is 12.4. The van der Waals surface area contributed by atoms with Gasteiger partial charge in [0, 0.05) is 38.1 Å². The number of carbonyl (C=O) groups excluding carboxylic acids is 1. The van der Waals surface area contributed by atoms with Crippen LogP contribution >= 0.6 is 0 Å². The average molecular weight is 420 g/mol. The summed E-state index contributed by atoms with van der Waals surface area (Å²) in [5.41, 5.74) is 8.60. The van der Waals surface area contributed by atoms with Gasteiger partial charge in [0.2, 0.25) is 0 Å². The maximum Gasteiger partial charge on any atom is 0.258 e. The lowest BCUT2D eigenvalue weighted by atomic mass is 10.1. The number of anilines is 2. The van der Waals surface area contributed by atoms with Gasteiger partial charge in [0.1, 0.15) is 11.9 Å². The average Bonchev–Trinajstić information content (AvgIpc) is 2.76. The summed E-state index contributed by atoms with van der Waals surface area (Å²) >= 11 is 0. The van der Waals surface area contributed by atoms with Crippen molar-refractivity contribution < 1.29 is 9.18 Å². The molecule has 1 fully saturated rings. The van der Waals surface area contributed by atoms with Gasteiger partial charge in [-0.25, -0.2) is 4.39 Å². The van der Waals surface area contributed by atoms with E-state index in [4.69, 9.17) is 5.73 Å². The molecule has 160 valence electrons. The van der Waals surface area contributed by atoms with Crippen molar-refractivity contribution in [3.05, 3.63) is 65.6 Å². The molecule has 0 aromatic heterocycles. The zero-order chi connectivity index (χ0) is 22.4. The van der Waals surface area contributed by atoms with Gasteiger partial charge < -0.3 is 20.9 Å². The Kier molecular flexibility index (Phi) is 7.00. The van der Waals surface area contributed by atoms with E-state index in [1.54, 1.807) is 19.1 Å². The number of piperazine rings is 1. The van der Waals surface area contributed by atoms with E-state index in [2.05, 4.69) is 33.2 Å². The van der Waals surface area contributed by atoms with Crippen molar-refractivity contribution in [1.29, 1.82) is 5.26 Å². The molecule has 0 atom stereocenters. The van der Waals surface area contributed by atoms with E-state index in [0.717, 1.165) is 31.9 Å². The zero-order valence-corrected chi connectivity index (χ0v) is 17.6. The monoisotopic (exact) mass is 420 g/mol. The van der Waals surface area contributed by atoms with Gasteiger partial charge in [0.15, 0.2) is 0 Å². The topological polar surface area (TPSA) is 97.7 Å². The number of aliphatic imine (C=N–C) groups is 1. The molecule has 0 spiro atoms. The van der Waals surface area contributed by atoms with Gasteiger partial charge in [-0.15, -0.1) is 0 Å². The Bertz CT molecular complexity index is 1050. The first-order valence-electron chi connectivity index (χ1n) is 9.93. The molecule has 0 bridgehead atoms. The molecular weight excluding hydrogens is 395 g/mol. The van der Waals surface area contributed by atoms with Gasteiger partial charge in [0.25, 0.3) is 5.91 Å². The first-order chi connectivity index (χ1) is 14.9. The summed E-state index contributed by atoms with van der Waals surface area (Å²) in [6, 6.07) is 13.1. The Labute approximate surface area is 181 Å². The van der Waals surface area contributed by atoms with E-state index in [-0.39, 0.29) is 11.4 Å². The number of carbonyl (C=O) groups is 1. The van der Waals surface area contributed by atoms with Gasteiger partial charge in [-0.3, -0.25) is 9.79 Å². The molecular formula is C23H25FN6O. The van der Waals surface area contributed by atoms with E-state index in [9.17, 15) is 14.4 Å². The van der Waals surface area contributed by atoms with Crippen molar-refractivity contribution in [2.75, 3.05) is 43.4 Å². The third-order valence-electron chi connectivity index (χ3n) is 5.14. The van der Waals surface area contributed by atoms with Crippen molar-refractivity contribution in [1.82, 2.24) is 4.90 Å². The molecule has 0 aliphatic carbocycles. The highest BCUT2D eigenvalue weighted by atomic mass is 19.1.